The second kappa shape index (κ2) is 8.53. The second-order valence-electron chi connectivity index (χ2n) is 7.73. The zero-order valence-electron chi connectivity index (χ0n) is 16.9. The van der Waals surface area contributed by atoms with Crippen LogP contribution in [0.25, 0.3) is 0 Å². The lowest BCUT2D eigenvalue weighted by atomic mass is 9.99. The van der Waals surface area contributed by atoms with Crippen molar-refractivity contribution in [1.82, 2.24) is 9.88 Å². The number of amides is 1. The minimum absolute atomic E-state index is 0.0313. The van der Waals surface area contributed by atoms with E-state index in [9.17, 15) is 4.79 Å². The Balaban J connectivity index is 1.42. The summed E-state index contributed by atoms with van der Waals surface area (Å²) >= 11 is 0. The van der Waals surface area contributed by atoms with Crippen molar-refractivity contribution >= 4 is 11.6 Å². The Hall–Kier alpha value is -2.77. The summed E-state index contributed by atoms with van der Waals surface area (Å²) in [5, 5.41) is 0. The number of hydrogen-bond acceptors (Lipinski definition) is 6. The molecule has 3 aliphatic rings. The first-order valence-electron chi connectivity index (χ1n) is 10.5. The average Bonchev–Trinajstić information content (AvgIpc) is 3.25. The summed E-state index contributed by atoms with van der Waals surface area (Å²) in [5.74, 6) is 0.657. The minimum atomic E-state index is 0.0313. The lowest BCUT2D eigenvalue weighted by molar-refractivity contribution is 0.0236. The van der Waals surface area contributed by atoms with E-state index < -0.39 is 0 Å². The molecule has 0 unspecified atom stereocenters. The topological polar surface area (TPSA) is 73.2 Å². The van der Waals surface area contributed by atoms with Gasteiger partial charge in [0.05, 0.1) is 44.2 Å². The molecule has 1 aromatic heterocycles. The molecule has 3 aliphatic heterocycles. The summed E-state index contributed by atoms with van der Waals surface area (Å²) in [6.45, 7) is 4.45. The van der Waals surface area contributed by atoms with Crippen LogP contribution in [0.1, 0.15) is 39.9 Å². The van der Waals surface area contributed by atoms with Crippen LogP contribution in [-0.2, 0) is 16.0 Å². The number of hydrogen-bond donors (Lipinski definition) is 0. The third kappa shape index (κ3) is 3.82. The quantitative estimate of drug-likeness (QED) is 0.779. The van der Waals surface area contributed by atoms with Gasteiger partial charge in [-0.05, 0) is 23.8 Å². The molecule has 156 valence electrons. The van der Waals surface area contributed by atoms with E-state index in [0.29, 0.717) is 57.5 Å². The van der Waals surface area contributed by atoms with Crippen molar-refractivity contribution in [3.8, 4) is 5.88 Å². The molecule has 0 saturated carbocycles. The van der Waals surface area contributed by atoms with Crippen molar-refractivity contribution in [3.63, 3.8) is 0 Å². The molecule has 0 radical (unpaired) electrons. The highest BCUT2D eigenvalue weighted by Crippen LogP contribution is 2.31. The summed E-state index contributed by atoms with van der Waals surface area (Å²) < 4.78 is 17.1. The fourth-order valence-corrected chi connectivity index (χ4v) is 4.13. The van der Waals surface area contributed by atoms with E-state index in [1.807, 2.05) is 35.2 Å². The summed E-state index contributed by atoms with van der Waals surface area (Å²) in [5.41, 5.74) is 4.47. The number of carbonyl (C=O) groups excluding carboxylic acids is 1. The monoisotopic (exact) mass is 407 g/mol. The van der Waals surface area contributed by atoms with Gasteiger partial charge in [0.25, 0.3) is 5.91 Å². The third-order valence-electron chi connectivity index (χ3n) is 5.77. The van der Waals surface area contributed by atoms with E-state index in [-0.39, 0.29) is 12.0 Å². The van der Waals surface area contributed by atoms with Crippen LogP contribution in [0.2, 0.25) is 0 Å². The molecule has 1 amide bonds. The van der Waals surface area contributed by atoms with E-state index in [1.54, 1.807) is 6.20 Å². The van der Waals surface area contributed by atoms with Gasteiger partial charge in [0.15, 0.2) is 0 Å². The minimum Gasteiger partial charge on any atom is -0.474 e. The van der Waals surface area contributed by atoms with Gasteiger partial charge in [0, 0.05) is 43.3 Å². The Labute approximate surface area is 175 Å². The predicted molar refractivity (Wildman–Crippen MR) is 111 cm³/mol. The highest BCUT2D eigenvalue weighted by atomic mass is 16.5. The molecule has 0 aliphatic carbocycles. The zero-order valence-corrected chi connectivity index (χ0v) is 16.9. The number of morpholine rings is 1. The molecular weight excluding hydrogens is 382 g/mol. The molecule has 0 atom stereocenters. The number of aromatic nitrogens is 1. The van der Waals surface area contributed by atoms with E-state index in [1.165, 1.54) is 0 Å². The molecule has 4 heterocycles. The number of fused-ring (bicyclic) bond motifs is 1. The average molecular weight is 407 g/mol. The van der Waals surface area contributed by atoms with Crippen molar-refractivity contribution in [2.24, 2.45) is 4.99 Å². The van der Waals surface area contributed by atoms with Crippen molar-refractivity contribution in [3.05, 3.63) is 58.8 Å². The maximum Gasteiger partial charge on any atom is 0.254 e. The first kappa shape index (κ1) is 19.2. The van der Waals surface area contributed by atoms with E-state index in [4.69, 9.17) is 19.2 Å². The number of ether oxygens (including phenoxy) is 3. The Morgan fingerprint density at radius 1 is 1.07 bits per heavy atom. The zero-order chi connectivity index (χ0) is 20.3. The lowest BCUT2D eigenvalue weighted by Gasteiger charge is -2.27. The summed E-state index contributed by atoms with van der Waals surface area (Å²) in [7, 11) is 0. The van der Waals surface area contributed by atoms with E-state index in [0.717, 1.165) is 35.2 Å². The highest BCUT2D eigenvalue weighted by Gasteiger charge is 2.27. The number of nitrogens with zero attached hydrogens (tertiary/aromatic N) is 3. The van der Waals surface area contributed by atoms with Gasteiger partial charge in [0.2, 0.25) is 5.88 Å². The van der Waals surface area contributed by atoms with Crippen molar-refractivity contribution in [2.45, 2.75) is 25.5 Å². The van der Waals surface area contributed by atoms with Crippen LogP contribution in [0.15, 0.2) is 41.5 Å². The fourth-order valence-electron chi connectivity index (χ4n) is 4.13. The number of pyridine rings is 1. The maximum atomic E-state index is 12.9. The second-order valence-corrected chi connectivity index (χ2v) is 7.73. The Morgan fingerprint density at radius 3 is 2.70 bits per heavy atom. The van der Waals surface area contributed by atoms with Gasteiger partial charge in [-0.3, -0.25) is 9.79 Å². The molecule has 5 rings (SSSR count). The first-order chi connectivity index (χ1) is 14.8. The van der Waals surface area contributed by atoms with Gasteiger partial charge in [0.1, 0.15) is 6.10 Å². The van der Waals surface area contributed by atoms with Crippen LogP contribution in [0.4, 0.5) is 0 Å². The highest BCUT2D eigenvalue weighted by molar-refractivity contribution is 6.17. The Morgan fingerprint density at radius 2 is 1.87 bits per heavy atom. The molecule has 2 saturated heterocycles. The molecule has 0 bridgehead atoms. The Kier molecular flexibility index (Phi) is 5.46. The van der Waals surface area contributed by atoms with Crippen LogP contribution in [-0.4, -0.2) is 67.1 Å². The van der Waals surface area contributed by atoms with Crippen LogP contribution < -0.4 is 4.74 Å². The normalized spacial score (nSPS) is 19.3. The molecule has 7 heteroatoms. The van der Waals surface area contributed by atoms with Crippen molar-refractivity contribution in [2.75, 3.05) is 39.5 Å². The van der Waals surface area contributed by atoms with Crippen LogP contribution in [0.5, 0.6) is 5.88 Å². The summed E-state index contributed by atoms with van der Waals surface area (Å²) in [6.07, 6.45) is 3.61. The van der Waals surface area contributed by atoms with Gasteiger partial charge < -0.3 is 19.1 Å². The molecule has 1 aromatic carbocycles. The van der Waals surface area contributed by atoms with E-state index >= 15 is 0 Å². The summed E-state index contributed by atoms with van der Waals surface area (Å²) in [4.78, 5) is 24.1. The molecule has 7 nitrogen and oxygen atoms in total. The molecule has 2 aromatic rings. The van der Waals surface area contributed by atoms with Crippen LogP contribution in [0, 0.1) is 0 Å². The third-order valence-corrected chi connectivity index (χ3v) is 5.77. The largest absolute Gasteiger partial charge is 0.474 e. The smallest absolute Gasteiger partial charge is 0.254 e. The van der Waals surface area contributed by atoms with Gasteiger partial charge in [-0.1, -0.05) is 12.1 Å². The molecule has 2 fully saturated rings. The maximum absolute atomic E-state index is 12.9. The SMILES string of the molecule is O=C(c1cccc(C2=NCc3ccnc(OC4CCOCC4)c32)c1)N1CCOCC1. The molecule has 0 N–H and O–H groups in total. The number of rotatable bonds is 4. The molecule has 0 spiro atoms. The number of carbonyl (C=O) groups is 1. The van der Waals surface area contributed by atoms with Gasteiger partial charge >= 0.3 is 0 Å². The first-order valence-corrected chi connectivity index (χ1v) is 10.5. The van der Waals surface area contributed by atoms with Gasteiger partial charge in [-0.15, -0.1) is 0 Å². The number of aliphatic imine (C=N–C) groups is 1. The molecular formula is C23H25N3O4. The van der Waals surface area contributed by atoms with Gasteiger partial charge in [-0.25, -0.2) is 4.98 Å². The summed E-state index contributed by atoms with van der Waals surface area (Å²) in [6, 6.07) is 9.69. The number of benzene rings is 1. The van der Waals surface area contributed by atoms with Gasteiger partial charge in [-0.2, -0.15) is 0 Å². The molecule has 30 heavy (non-hydrogen) atoms. The van der Waals surface area contributed by atoms with Crippen LogP contribution >= 0.6 is 0 Å². The standard InChI is InChI=1S/C23H25N3O4/c27-23(26-8-12-29-13-9-26)17-3-1-2-16(14-17)21-20-18(15-25-21)4-7-24-22(20)30-19-5-10-28-11-6-19/h1-4,7,14,19H,5-6,8-13,15H2. The fraction of sp³-hybridized carbons (Fsp3) is 0.435. The predicted octanol–water partition coefficient (Wildman–Crippen LogP) is 2.46. The Bertz CT molecular complexity index is 963. The van der Waals surface area contributed by atoms with E-state index in [2.05, 4.69) is 4.98 Å². The van der Waals surface area contributed by atoms with Crippen molar-refractivity contribution < 1.29 is 19.0 Å². The lowest BCUT2D eigenvalue weighted by Crippen LogP contribution is -2.40. The van der Waals surface area contributed by atoms with Crippen LogP contribution in [0.3, 0.4) is 0 Å². The van der Waals surface area contributed by atoms with Crippen molar-refractivity contribution in [1.29, 1.82) is 0 Å².